The largest absolute Gasteiger partial charge is 0.324 e. The number of benzene rings is 2. The zero-order chi connectivity index (χ0) is 21.8. The summed E-state index contributed by atoms with van der Waals surface area (Å²) in [7, 11) is 0. The Balaban J connectivity index is 1.39. The Morgan fingerprint density at radius 2 is 1.62 bits per heavy atom. The first kappa shape index (κ1) is 19.8. The smallest absolute Gasteiger partial charge is 0.246 e. The van der Waals surface area contributed by atoms with Crippen molar-refractivity contribution in [1.29, 1.82) is 0 Å². The van der Waals surface area contributed by atoms with Crippen molar-refractivity contribution in [3.63, 3.8) is 0 Å². The monoisotopic (exact) mass is 437 g/mol. The Labute approximate surface area is 189 Å². The van der Waals surface area contributed by atoms with Gasteiger partial charge in [0, 0.05) is 34.1 Å². The third-order valence-corrected chi connectivity index (χ3v) is 5.92. The number of carbonyl (C=O) groups excluding carboxylic acids is 1. The molecule has 5 aromatic rings. The van der Waals surface area contributed by atoms with Crippen LogP contribution in [0.25, 0.3) is 33.0 Å². The normalized spacial score (nSPS) is 10.8. The van der Waals surface area contributed by atoms with Gasteiger partial charge >= 0.3 is 0 Å². The zero-order valence-electron chi connectivity index (χ0n) is 17.1. The molecule has 0 fully saturated rings. The zero-order valence-corrected chi connectivity index (χ0v) is 17.9. The molecular weight excluding hydrogens is 418 g/mol. The van der Waals surface area contributed by atoms with Crippen LogP contribution in [0.1, 0.15) is 0 Å². The Bertz CT molecular complexity index is 1310. The van der Waals surface area contributed by atoms with Gasteiger partial charge in [-0.15, -0.1) is 16.4 Å². The average molecular weight is 438 g/mol. The number of thiophene rings is 1. The standard InChI is InChI=1S/C25H19N5OS/c31-23(27-21-10-8-18(9-11-21)22-7-4-16-32-22)17-30-25(20-5-2-1-3-6-20)24(28-29-30)19-12-14-26-15-13-19/h1-16H,17H2,(H,27,31). The molecule has 0 unspecified atom stereocenters. The van der Waals surface area contributed by atoms with E-state index in [-0.39, 0.29) is 12.5 Å². The molecule has 5 rings (SSSR count). The second-order valence-electron chi connectivity index (χ2n) is 7.15. The number of amides is 1. The van der Waals surface area contributed by atoms with Crippen molar-refractivity contribution < 1.29 is 4.79 Å². The molecule has 0 aliphatic rings. The molecule has 0 saturated heterocycles. The van der Waals surface area contributed by atoms with Gasteiger partial charge in [0.15, 0.2) is 0 Å². The molecule has 1 N–H and O–H groups in total. The number of nitrogens with one attached hydrogen (secondary N) is 1. The molecule has 0 spiro atoms. The van der Waals surface area contributed by atoms with Crippen LogP contribution in [-0.2, 0) is 11.3 Å². The molecule has 3 aromatic heterocycles. The average Bonchev–Trinajstić information content (AvgIpc) is 3.51. The number of carbonyl (C=O) groups is 1. The van der Waals surface area contributed by atoms with E-state index in [1.807, 2.05) is 78.2 Å². The summed E-state index contributed by atoms with van der Waals surface area (Å²) in [6.45, 7) is 0.0506. The summed E-state index contributed by atoms with van der Waals surface area (Å²) in [4.78, 5) is 18.1. The predicted molar refractivity (Wildman–Crippen MR) is 127 cm³/mol. The first-order chi connectivity index (χ1) is 15.8. The number of hydrogen-bond acceptors (Lipinski definition) is 5. The molecular formula is C25H19N5OS. The van der Waals surface area contributed by atoms with Gasteiger partial charge in [0.1, 0.15) is 12.2 Å². The van der Waals surface area contributed by atoms with Gasteiger partial charge in [-0.25, -0.2) is 4.68 Å². The van der Waals surface area contributed by atoms with Crippen LogP contribution in [0.15, 0.2) is 96.6 Å². The van der Waals surface area contributed by atoms with Crippen LogP contribution in [0.2, 0.25) is 0 Å². The Morgan fingerprint density at radius 3 is 2.34 bits per heavy atom. The Kier molecular flexibility index (Phi) is 5.55. The molecule has 0 bridgehead atoms. The van der Waals surface area contributed by atoms with Gasteiger partial charge in [-0.3, -0.25) is 9.78 Å². The van der Waals surface area contributed by atoms with Crippen molar-refractivity contribution in [2.45, 2.75) is 6.54 Å². The Morgan fingerprint density at radius 1 is 0.844 bits per heavy atom. The van der Waals surface area contributed by atoms with Gasteiger partial charge in [0.2, 0.25) is 5.91 Å². The lowest BCUT2D eigenvalue weighted by molar-refractivity contribution is -0.116. The van der Waals surface area contributed by atoms with Crippen LogP contribution >= 0.6 is 11.3 Å². The maximum atomic E-state index is 12.8. The third kappa shape index (κ3) is 4.19. The SMILES string of the molecule is O=C(Cn1nnc(-c2ccncc2)c1-c1ccccc1)Nc1ccc(-c2cccs2)cc1. The van der Waals surface area contributed by atoms with Crippen molar-refractivity contribution in [2.75, 3.05) is 5.32 Å². The van der Waals surface area contributed by atoms with Crippen LogP contribution in [0.4, 0.5) is 5.69 Å². The maximum absolute atomic E-state index is 12.8. The van der Waals surface area contributed by atoms with Crippen LogP contribution in [-0.4, -0.2) is 25.9 Å². The lowest BCUT2D eigenvalue weighted by Gasteiger charge is -2.10. The molecule has 3 heterocycles. The minimum absolute atomic E-state index is 0.0506. The highest BCUT2D eigenvalue weighted by atomic mass is 32.1. The van der Waals surface area contributed by atoms with E-state index < -0.39 is 0 Å². The van der Waals surface area contributed by atoms with E-state index in [1.54, 1.807) is 28.4 Å². The molecule has 1 amide bonds. The second kappa shape index (κ2) is 8.95. The fourth-order valence-corrected chi connectivity index (χ4v) is 4.24. The molecule has 0 aliphatic carbocycles. The van der Waals surface area contributed by atoms with Crippen molar-refractivity contribution in [2.24, 2.45) is 0 Å². The van der Waals surface area contributed by atoms with Crippen LogP contribution < -0.4 is 5.32 Å². The fourth-order valence-electron chi connectivity index (χ4n) is 3.51. The summed E-state index contributed by atoms with van der Waals surface area (Å²) in [5, 5.41) is 13.7. The van der Waals surface area contributed by atoms with Crippen molar-refractivity contribution >= 4 is 22.9 Å². The fraction of sp³-hybridized carbons (Fsp3) is 0.0400. The van der Waals surface area contributed by atoms with E-state index in [2.05, 4.69) is 26.7 Å². The quantitative estimate of drug-likeness (QED) is 0.387. The lowest BCUT2D eigenvalue weighted by Crippen LogP contribution is -2.20. The van der Waals surface area contributed by atoms with Crippen molar-refractivity contribution in [1.82, 2.24) is 20.0 Å². The molecule has 0 aliphatic heterocycles. The van der Waals surface area contributed by atoms with E-state index in [0.29, 0.717) is 5.69 Å². The molecule has 0 radical (unpaired) electrons. The van der Waals surface area contributed by atoms with E-state index in [0.717, 1.165) is 28.1 Å². The highest BCUT2D eigenvalue weighted by Gasteiger charge is 2.18. The number of rotatable bonds is 6. The minimum Gasteiger partial charge on any atom is -0.324 e. The summed E-state index contributed by atoms with van der Waals surface area (Å²) in [5.74, 6) is -0.169. The number of nitrogens with zero attached hydrogens (tertiary/aromatic N) is 4. The summed E-state index contributed by atoms with van der Waals surface area (Å²) < 4.78 is 1.64. The molecule has 7 heteroatoms. The maximum Gasteiger partial charge on any atom is 0.246 e. The molecule has 32 heavy (non-hydrogen) atoms. The van der Waals surface area contributed by atoms with Gasteiger partial charge in [-0.1, -0.05) is 53.7 Å². The van der Waals surface area contributed by atoms with E-state index >= 15 is 0 Å². The topological polar surface area (TPSA) is 72.7 Å². The first-order valence-electron chi connectivity index (χ1n) is 10.1. The van der Waals surface area contributed by atoms with Crippen LogP contribution in [0, 0.1) is 0 Å². The number of aromatic nitrogens is 4. The summed E-state index contributed by atoms with van der Waals surface area (Å²) in [6, 6.07) is 25.6. The van der Waals surface area contributed by atoms with E-state index in [1.165, 1.54) is 4.88 Å². The predicted octanol–water partition coefficient (Wildman–Crippen LogP) is 5.37. The molecule has 6 nitrogen and oxygen atoms in total. The third-order valence-electron chi connectivity index (χ3n) is 5.00. The van der Waals surface area contributed by atoms with Gasteiger partial charge in [0.05, 0.1) is 5.69 Å². The number of anilines is 1. The molecule has 0 atom stereocenters. The minimum atomic E-state index is -0.169. The summed E-state index contributed by atoms with van der Waals surface area (Å²) in [6.07, 6.45) is 3.44. The van der Waals surface area contributed by atoms with Gasteiger partial charge in [0.25, 0.3) is 0 Å². The summed E-state index contributed by atoms with van der Waals surface area (Å²) >= 11 is 1.69. The molecule has 2 aromatic carbocycles. The van der Waals surface area contributed by atoms with Crippen molar-refractivity contribution in [3.8, 4) is 33.0 Å². The van der Waals surface area contributed by atoms with Gasteiger partial charge in [-0.2, -0.15) is 0 Å². The highest BCUT2D eigenvalue weighted by molar-refractivity contribution is 7.13. The van der Waals surface area contributed by atoms with Gasteiger partial charge < -0.3 is 5.32 Å². The number of pyridine rings is 1. The first-order valence-corrected chi connectivity index (χ1v) is 11.0. The summed E-state index contributed by atoms with van der Waals surface area (Å²) in [5.41, 5.74) is 5.22. The molecule has 0 saturated carbocycles. The van der Waals surface area contributed by atoms with Crippen LogP contribution in [0.5, 0.6) is 0 Å². The van der Waals surface area contributed by atoms with E-state index in [9.17, 15) is 4.79 Å². The van der Waals surface area contributed by atoms with Crippen molar-refractivity contribution in [3.05, 3.63) is 96.6 Å². The second-order valence-corrected chi connectivity index (χ2v) is 8.10. The number of hydrogen-bond donors (Lipinski definition) is 1. The van der Waals surface area contributed by atoms with E-state index in [4.69, 9.17) is 0 Å². The molecule has 156 valence electrons. The lowest BCUT2D eigenvalue weighted by atomic mass is 10.1. The Hall–Kier alpha value is -4.10. The highest BCUT2D eigenvalue weighted by Crippen LogP contribution is 2.30. The van der Waals surface area contributed by atoms with Gasteiger partial charge in [-0.05, 0) is 41.3 Å². The van der Waals surface area contributed by atoms with Crippen LogP contribution in [0.3, 0.4) is 0 Å².